The van der Waals surface area contributed by atoms with Crippen LogP contribution in [0.15, 0.2) is 88.9 Å². The SMILES string of the molecule is CN1c2c(-c3ccccc3)nn(CC(=O)N/N=C/c3cccc([N+](=O)[O-])c3)c2-c2ccccc2S1(=O)=O. The van der Waals surface area contributed by atoms with Gasteiger partial charge < -0.3 is 0 Å². The third-order valence-corrected chi connectivity index (χ3v) is 7.66. The van der Waals surface area contributed by atoms with Crippen LogP contribution in [0.3, 0.4) is 0 Å². The Morgan fingerprint density at radius 3 is 2.57 bits per heavy atom. The lowest BCUT2D eigenvalue weighted by Crippen LogP contribution is -2.31. The van der Waals surface area contributed by atoms with Gasteiger partial charge in [-0.3, -0.25) is 23.9 Å². The predicted molar refractivity (Wildman–Crippen MR) is 138 cm³/mol. The van der Waals surface area contributed by atoms with Crippen LogP contribution in [0.1, 0.15) is 5.56 Å². The van der Waals surface area contributed by atoms with Gasteiger partial charge in [-0.15, -0.1) is 0 Å². The van der Waals surface area contributed by atoms with Crippen molar-refractivity contribution in [3.05, 3.63) is 94.5 Å². The second-order valence-corrected chi connectivity index (χ2v) is 10.1. The second-order valence-electron chi connectivity index (χ2n) is 8.18. The molecule has 5 rings (SSSR count). The molecule has 0 atom stereocenters. The van der Waals surface area contributed by atoms with E-state index in [9.17, 15) is 23.3 Å². The van der Waals surface area contributed by atoms with Crippen LogP contribution < -0.4 is 9.73 Å². The summed E-state index contributed by atoms with van der Waals surface area (Å²) in [6.07, 6.45) is 1.30. The number of carbonyl (C=O) groups is 1. The molecule has 1 aliphatic heterocycles. The number of benzene rings is 3. The van der Waals surface area contributed by atoms with E-state index in [4.69, 9.17) is 0 Å². The molecule has 0 fully saturated rings. The average molecular weight is 517 g/mol. The third-order valence-electron chi connectivity index (χ3n) is 5.85. The number of sulfonamides is 1. The Labute approximate surface area is 211 Å². The molecule has 0 spiro atoms. The first-order valence-electron chi connectivity index (χ1n) is 11.1. The molecule has 12 heteroatoms. The smallest absolute Gasteiger partial charge is 0.270 e. The fourth-order valence-corrected chi connectivity index (χ4v) is 5.55. The van der Waals surface area contributed by atoms with Crippen LogP contribution in [0.5, 0.6) is 0 Å². The van der Waals surface area contributed by atoms with Gasteiger partial charge in [0.2, 0.25) is 0 Å². The minimum absolute atomic E-state index is 0.0929. The van der Waals surface area contributed by atoms with E-state index < -0.39 is 20.9 Å². The molecule has 1 amide bonds. The number of nitrogens with zero attached hydrogens (tertiary/aromatic N) is 5. The molecule has 186 valence electrons. The van der Waals surface area contributed by atoms with Gasteiger partial charge in [-0.2, -0.15) is 10.2 Å². The van der Waals surface area contributed by atoms with Crippen molar-refractivity contribution in [2.24, 2.45) is 5.10 Å². The molecular weight excluding hydrogens is 496 g/mol. The lowest BCUT2D eigenvalue weighted by molar-refractivity contribution is -0.384. The molecule has 0 radical (unpaired) electrons. The Morgan fingerprint density at radius 2 is 1.81 bits per heavy atom. The molecule has 37 heavy (non-hydrogen) atoms. The molecule has 0 bridgehead atoms. The Kier molecular flexibility index (Phi) is 6.01. The topological polar surface area (TPSA) is 140 Å². The number of nitrogens with one attached hydrogen (secondary N) is 1. The molecule has 2 heterocycles. The Morgan fingerprint density at radius 1 is 1.08 bits per heavy atom. The maximum Gasteiger partial charge on any atom is 0.270 e. The number of aromatic nitrogens is 2. The molecule has 3 aromatic carbocycles. The summed E-state index contributed by atoms with van der Waals surface area (Å²) in [4.78, 5) is 23.4. The van der Waals surface area contributed by atoms with Crippen molar-refractivity contribution in [1.82, 2.24) is 15.2 Å². The molecule has 0 unspecified atom stereocenters. The number of amides is 1. The number of hydrogen-bond donors (Lipinski definition) is 1. The van der Waals surface area contributed by atoms with Gasteiger partial charge in [-0.1, -0.05) is 60.7 Å². The zero-order valence-electron chi connectivity index (χ0n) is 19.5. The lowest BCUT2D eigenvalue weighted by Gasteiger charge is -2.27. The van der Waals surface area contributed by atoms with E-state index in [-0.39, 0.29) is 17.1 Å². The van der Waals surface area contributed by atoms with Crippen molar-refractivity contribution in [2.45, 2.75) is 11.4 Å². The molecule has 1 aliphatic rings. The number of hydrazone groups is 1. The van der Waals surface area contributed by atoms with E-state index >= 15 is 0 Å². The average Bonchev–Trinajstić information content (AvgIpc) is 3.27. The normalized spacial score (nSPS) is 13.7. The number of nitro groups is 1. The molecule has 1 N–H and O–H groups in total. The summed E-state index contributed by atoms with van der Waals surface area (Å²) in [5, 5.41) is 19.5. The largest absolute Gasteiger partial charge is 0.271 e. The predicted octanol–water partition coefficient (Wildman–Crippen LogP) is 3.41. The Bertz CT molecular complexity index is 1660. The van der Waals surface area contributed by atoms with E-state index in [0.717, 1.165) is 0 Å². The molecular formula is C25H20N6O5S. The van der Waals surface area contributed by atoms with E-state index in [0.29, 0.717) is 33.8 Å². The summed E-state index contributed by atoms with van der Waals surface area (Å²) in [7, 11) is -2.36. The van der Waals surface area contributed by atoms with E-state index in [1.54, 1.807) is 24.3 Å². The Hall–Kier alpha value is -4.84. The monoisotopic (exact) mass is 516 g/mol. The summed E-state index contributed by atoms with van der Waals surface area (Å²) in [6.45, 7) is -0.246. The fourth-order valence-electron chi connectivity index (χ4n) is 4.15. The number of nitro benzene ring substituents is 1. The van der Waals surface area contributed by atoms with Gasteiger partial charge in [0.25, 0.3) is 21.6 Å². The van der Waals surface area contributed by atoms with Crippen molar-refractivity contribution < 1.29 is 18.1 Å². The molecule has 4 aromatic rings. The second kappa shape index (κ2) is 9.32. The van der Waals surface area contributed by atoms with Gasteiger partial charge in [0.15, 0.2) is 0 Å². The minimum Gasteiger partial charge on any atom is -0.271 e. The summed E-state index contributed by atoms with van der Waals surface area (Å²) >= 11 is 0. The van der Waals surface area contributed by atoms with Crippen LogP contribution in [0.4, 0.5) is 11.4 Å². The first-order valence-corrected chi connectivity index (χ1v) is 12.5. The number of carbonyl (C=O) groups excluding carboxylic acids is 1. The zero-order chi connectivity index (χ0) is 26.2. The molecule has 11 nitrogen and oxygen atoms in total. The van der Waals surface area contributed by atoms with Crippen molar-refractivity contribution in [3.8, 4) is 22.5 Å². The van der Waals surface area contributed by atoms with Gasteiger partial charge >= 0.3 is 0 Å². The summed E-state index contributed by atoms with van der Waals surface area (Å²) in [5.41, 5.74) is 5.18. The maximum atomic E-state index is 13.3. The number of fused-ring (bicyclic) bond motifs is 3. The van der Waals surface area contributed by atoms with Gasteiger partial charge in [-0.25, -0.2) is 13.8 Å². The van der Waals surface area contributed by atoms with E-state index in [2.05, 4.69) is 15.6 Å². The van der Waals surface area contributed by atoms with Crippen LogP contribution in [-0.2, 0) is 21.4 Å². The Balaban J connectivity index is 1.51. The van der Waals surface area contributed by atoms with Crippen LogP contribution in [0.2, 0.25) is 0 Å². The van der Waals surface area contributed by atoms with Crippen molar-refractivity contribution >= 4 is 33.5 Å². The fraction of sp³-hybridized carbons (Fsp3) is 0.0800. The standard InChI is InChI=1S/C25H20N6O5S/c1-29-25-23(18-9-3-2-4-10-18)28-30(24(25)20-12-5-6-13-21(20)37(29,35)36)16-22(32)27-26-15-17-8-7-11-19(14-17)31(33)34/h2-15H,16H2,1H3,(H,27,32)/b26-15+. The number of rotatable bonds is 6. The van der Waals surface area contributed by atoms with Crippen LogP contribution in [0, 0.1) is 10.1 Å². The van der Waals surface area contributed by atoms with Gasteiger partial charge in [0.1, 0.15) is 17.9 Å². The van der Waals surface area contributed by atoms with E-state index in [1.165, 1.54) is 46.5 Å². The van der Waals surface area contributed by atoms with Crippen molar-refractivity contribution in [2.75, 3.05) is 11.4 Å². The molecule has 1 aromatic heterocycles. The maximum absolute atomic E-state index is 13.3. The highest BCUT2D eigenvalue weighted by Crippen LogP contribution is 2.47. The van der Waals surface area contributed by atoms with Crippen LogP contribution >= 0.6 is 0 Å². The van der Waals surface area contributed by atoms with Gasteiger partial charge in [-0.05, 0) is 6.07 Å². The van der Waals surface area contributed by atoms with Crippen LogP contribution in [0.25, 0.3) is 22.5 Å². The summed E-state index contributed by atoms with van der Waals surface area (Å²) < 4.78 is 29.2. The number of anilines is 1. The highest BCUT2D eigenvalue weighted by Gasteiger charge is 2.38. The highest BCUT2D eigenvalue weighted by molar-refractivity contribution is 7.93. The molecule has 0 aliphatic carbocycles. The first-order chi connectivity index (χ1) is 17.8. The minimum atomic E-state index is -3.83. The van der Waals surface area contributed by atoms with E-state index in [1.807, 2.05) is 30.3 Å². The highest BCUT2D eigenvalue weighted by atomic mass is 32.2. The van der Waals surface area contributed by atoms with Crippen molar-refractivity contribution in [3.63, 3.8) is 0 Å². The summed E-state index contributed by atoms with van der Waals surface area (Å²) in [5.74, 6) is -0.514. The third kappa shape index (κ3) is 4.34. The molecule has 0 saturated heterocycles. The van der Waals surface area contributed by atoms with Gasteiger partial charge in [0.05, 0.1) is 21.7 Å². The van der Waals surface area contributed by atoms with Gasteiger partial charge in [0, 0.05) is 35.9 Å². The summed E-state index contributed by atoms with van der Waals surface area (Å²) in [6, 6.07) is 21.5. The lowest BCUT2D eigenvalue weighted by atomic mass is 10.1. The quantitative estimate of drug-likeness (QED) is 0.237. The first kappa shape index (κ1) is 23.9. The molecule has 0 saturated carbocycles. The number of non-ortho nitro benzene ring substituents is 1. The van der Waals surface area contributed by atoms with Crippen molar-refractivity contribution in [1.29, 1.82) is 0 Å². The number of hydrogen-bond acceptors (Lipinski definition) is 7. The van der Waals surface area contributed by atoms with Crippen LogP contribution in [-0.4, -0.2) is 42.3 Å². The zero-order valence-corrected chi connectivity index (χ0v) is 20.3.